The highest BCUT2D eigenvalue weighted by atomic mass is 79.9. The number of aliphatic hydroxyl groups excluding tert-OH is 1. The molecule has 0 spiro atoms. The summed E-state index contributed by atoms with van der Waals surface area (Å²) in [4.78, 5) is 0.213. The van der Waals surface area contributed by atoms with Gasteiger partial charge in [-0.15, -0.1) is 0 Å². The Morgan fingerprint density at radius 1 is 1.25 bits per heavy atom. The van der Waals surface area contributed by atoms with Gasteiger partial charge in [-0.3, -0.25) is 0 Å². The van der Waals surface area contributed by atoms with Crippen LogP contribution in [0.4, 0.5) is 0 Å². The van der Waals surface area contributed by atoms with Crippen LogP contribution in [0.3, 0.4) is 0 Å². The Morgan fingerprint density at radius 2 is 1.85 bits per heavy atom. The summed E-state index contributed by atoms with van der Waals surface area (Å²) in [6.45, 7) is 3.88. The average Bonchev–Trinajstić information content (AvgIpc) is 2.43. The molecular formula is C14H22BrNO3S. The normalized spacial score (nSPS) is 15.0. The number of rotatable bonds is 8. The lowest BCUT2D eigenvalue weighted by Gasteiger charge is -2.25. The van der Waals surface area contributed by atoms with E-state index in [1.54, 1.807) is 24.3 Å². The topological polar surface area (TPSA) is 66.4 Å². The first-order valence-corrected chi connectivity index (χ1v) is 9.11. The van der Waals surface area contributed by atoms with E-state index in [9.17, 15) is 13.5 Å². The maximum atomic E-state index is 12.3. The van der Waals surface area contributed by atoms with Gasteiger partial charge in [-0.2, -0.15) is 0 Å². The van der Waals surface area contributed by atoms with Crippen LogP contribution in [0.15, 0.2) is 33.6 Å². The molecule has 0 amide bonds. The predicted molar refractivity (Wildman–Crippen MR) is 84.0 cm³/mol. The van der Waals surface area contributed by atoms with Crippen molar-refractivity contribution in [1.82, 2.24) is 4.72 Å². The van der Waals surface area contributed by atoms with Gasteiger partial charge in [0, 0.05) is 10.5 Å². The molecule has 0 aromatic heterocycles. The van der Waals surface area contributed by atoms with Gasteiger partial charge in [0.15, 0.2) is 0 Å². The summed E-state index contributed by atoms with van der Waals surface area (Å²) in [5.41, 5.74) is 0. The summed E-state index contributed by atoms with van der Waals surface area (Å²) < 4.78 is 28.0. The third-order valence-electron chi connectivity index (χ3n) is 3.38. The SMILES string of the molecule is CCCC(CC)C(CO)NS(=O)(=O)c1ccc(Br)cc1. The molecule has 6 heteroatoms. The molecular weight excluding hydrogens is 342 g/mol. The Bertz CT molecular complexity index is 502. The number of aliphatic hydroxyl groups is 1. The quantitative estimate of drug-likeness (QED) is 0.745. The van der Waals surface area contributed by atoms with Crippen molar-refractivity contribution in [3.63, 3.8) is 0 Å². The van der Waals surface area contributed by atoms with Crippen LogP contribution >= 0.6 is 15.9 Å². The minimum Gasteiger partial charge on any atom is -0.395 e. The molecule has 2 atom stereocenters. The molecule has 1 aromatic rings. The van der Waals surface area contributed by atoms with E-state index in [1.165, 1.54) is 0 Å². The van der Waals surface area contributed by atoms with E-state index in [0.717, 1.165) is 23.7 Å². The fourth-order valence-electron chi connectivity index (χ4n) is 2.22. The van der Waals surface area contributed by atoms with Crippen molar-refractivity contribution < 1.29 is 13.5 Å². The Kier molecular flexibility index (Phi) is 7.15. The van der Waals surface area contributed by atoms with E-state index in [-0.39, 0.29) is 17.4 Å². The van der Waals surface area contributed by atoms with Crippen molar-refractivity contribution in [2.24, 2.45) is 5.92 Å². The first-order valence-electron chi connectivity index (χ1n) is 6.83. The molecule has 0 saturated heterocycles. The molecule has 1 aromatic carbocycles. The molecule has 0 fully saturated rings. The fourth-order valence-corrected chi connectivity index (χ4v) is 3.78. The van der Waals surface area contributed by atoms with E-state index >= 15 is 0 Å². The first-order chi connectivity index (χ1) is 9.44. The van der Waals surface area contributed by atoms with Gasteiger partial charge < -0.3 is 5.11 Å². The summed E-state index contributed by atoms with van der Waals surface area (Å²) in [6, 6.07) is 6.02. The van der Waals surface area contributed by atoms with E-state index in [1.807, 2.05) is 6.92 Å². The minimum absolute atomic E-state index is 0.148. The van der Waals surface area contributed by atoms with Crippen LogP contribution in [-0.2, 0) is 10.0 Å². The maximum Gasteiger partial charge on any atom is 0.240 e. The average molecular weight is 364 g/mol. The Hall–Kier alpha value is -0.430. The first kappa shape index (κ1) is 17.6. The van der Waals surface area contributed by atoms with E-state index in [2.05, 4.69) is 27.6 Å². The fraction of sp³-hybridized carbons (Fsp3) is 0.571. The molecule has 20 heavy (non-hydrogen) atoms. The van der Waals surface area contributed by atoms with Crippen LogP contribution in [-0.4, -0.2) is 26.2 Å². The Morgan fingerprint density at radius 3 is 2.30 bits per heavy atom. The van der Waals surface area contributed by atoms with Gasteiger partial charge in [-0.1, -0.05) is 42.6 Å². The summed E-state index contributed by atoms with van der Waals surface area (Å²) >= 11 is 3.28. The molecule has 0 radical (unpaired) electrons. The van der Waals surface area contributed by atoms with Gasteiger partial charge >= 0.3 is 0 Å². The van der Waals surface area contributed by atoms with Crippen LogP contribution in [0, 0.1) is 5.92 Å². The third kappa shape index (κ3) is 4.84. The van der Waals surface area contributed by atoms with Gasteiger partial charge in [-0.05, 0) is 36.6 Å². The second-order valence-corrected chi connectivity index (χ2v) is 7.45. The molecule has 0 aliphatic carbocycles. The predicted octanol–water partition coefficient (Wildman–Crippen LogP) is 2.91. The van der Waals surface area contributed by atoms with Gasteiger partial charge in [0.1, 0.15) is 0 Å². The van der Waals surface area contributed by atoms with E-state index < -0.39 is 16.1 Å². The van der Waals surface area contributed by atoms with E-state index in [4.69, 9.17) is 0 Å². The Labute approximate surface area is 129 Å². The largest absolute Gasteiger partial charge is 0.395 e. The van der Waals surface area contributed by atoms with Crippen molar-refractivity contribution >= 4 is 26.0 Å². The molecule has 114 valence electrons. The number of benzene rings is 1. The van der Waals surface area contributed by atoms with Crippen LogP contribution in [0.5, 0.6) is 0 Å². The van der Waals surface area contributed by atoms with Crippen molar-refractivity contribution in [2.75, 3.05) is 6.61 Å². The molecule has 0 bridgehead atoms. The third-order valence-corrected chi connectivity index (χ3v) is 5.41. The lowest BCUT2D eigenvalue weighted by atomic mass is 9.93. The zero-order valence-electron chi connectivity index (χ0n) is 11.8. The van der Waals surface area contributed by atoms with Gasteiger partial charge in [0.25, 0.3) is 0 Å². The maximum absolute atomic E-state index is 12.3. The lowest BCUT2D eigenvalue weighted by molar-refractivity contribution is 0.205. The highest BCUT2D eigenvalue weighted by Crippen LogP contribution is 2.19. The molecule has 4 nitrogen and oxygen atoms in total. The highest BCUT2D eigenvalue weighted by Gasteiger charge is 2.25. The van der Waals surface area contributed by atoms with Crippen LogP contribution < -0.4 is 4.72 Å². The zero-order chi connectivity index (χ0) is 15.2. The van der Waals surface area contributed by atoms with E-state index in [0.29, 0.717) is 0 Å². The standard InChI is InChI=1S/C14H22BrNO3S/c1-3-5-11(4-2)14(10-17)16-20(18,19)13-8-6-12(15)7-9-13/h6-9,11,14,16-17H,3-5,10H2,1-2H3. The highest BCUT2D eigenvalue weighted by molar-refractivity contribution is 9.10. The van der Waals surface area contributed by atoms with Crippen LogP contribution in [0.25, 0.3) is 0 Å². The molecule has 0 aliphatic heterocycles. The van der Waals surface area contributed by atoms with Crippen molar-refractivity contribution in [2.45, 2.75) is 44.0 Å². The summed E-state index contributed by atoms with van der Waals surface area (Å²) in [6.07, 6.45) is 2.70. The molecule has 0 aliphatic rings. The van der Waals surface area contributed by atoms with Gasteiger partial charge in [-0.25, -0.2) is 13.1 Å². The molecule has 1 rings (SSSR count). The van der Waals surface area contributed by atoms with Crippen LogP contribution in [0.1, 0.15) is 33.1 Å². The monoisotopic (exact) mass is 363 g/mol. The number of nitrogens with one attached hydrogen (secondary N) is 1. The number of hydrogen-bond donors (Lipinski definition) is 2. The molecule has 0 saturated carbocycles. The minimum atomic E-state index is -3.59. The number of hydrogen-bond acceptors (Lipinski definition) is 3. The second-order valence-electron chi connectivity index (χ2n) is 4.82. The summed E-state index contributed by atoms with van der Waals surface area (Å²) in [7, 11) is -3.59. The van der Waals surface area contributed by atoms with Gasteiger partial charge in [0.05, 0.1) is 11.5 Å². The second kappa shape index (κ2) is 8.12. The van der Waals surface area contributed by atoms with Crippen molar-refractivity contribution in [3.8, 4) is 0 Å². The summed E-state index contributed by atoms with van der Waals surface area (Å²) in [5.74, 6) is 0.148. The zero-order valence-corrected chi connectivity index (χ0v) is 14.2. The van der Waals surface area contributed by atoms with Crippen molar-refractivity contribution in [3.05, 3.63) is 28.7 Å². The lowest BCUT2D eigenvalue weighted by Crippen LogP contribution is -2.42. The summed E-state index contributed by atoms with van der Waals surface area (Å²) in [5, 5.41) is 9.47. The number of halogens is 1. The van der Waals surface area contributed by atoms with Crippen LogP contribution in [0.2, 0.25) is 0 Å². The van der Waals surface area contributed by atoms with Gasteiger partial charge in [0.2, 0.25) is 10.0 Å². The number of sulfonamides is 1. The molecule has 2 N–H and O–H groups in total. The molecule has 2 unspecified atom stereocenters. The van der Waals surface area contributed by atoms with Crippen molar-refractivity contribution in [1.29, 1.82) is 0 Å². The smallest absolute Gasteiger partial charge is 0.240 e. The Balaban J connectivity index is 2.89. The molecule has 0 heterocycles.